The molecule has 4 nitrogen and oxygen atoms in total. The van der Waals surface area contributed by atoms with E-state index in [4.69, 9.17) is 4.74 Å². The molecule has 0 amide bonds. The first kappa shape index (κ1) is 22.3. The van der Waals surface area contributed by atoms with Crippen molar-refractivity contribution in [3.63, 3.8) is 0 Å². The molecule has 2 aromatic carbocycles. The van der Waals surface area contributed by atoms with Crippen molar-refractivity contribution < 1.29 is 17.9 Å². The molecule has 5 rings (SSSR count). The van der Waals surface area contributed by atoms with Crippen LogP contribution in [0.3, 0.4) is 0 Å². The van der Waals surface area contributed by atoms with Crippen LogP contribution in [0.15, 0.2) is 42.7 Å². The fourth-order valence-corrected chi connectivity index (χ4v) is 5.88. The molecule has 1 saturated heterocycles. The van der Waals surface area contributed by atoms with Crippen molar-refractivity contribution in [3.05, 3.63) is 48.3 Å². The molecule has 1 aliphatic carbocycles. The first-order valence-electron chi connectivity index (χ1n) is 11.7. The lowest BCUT2D eigenvalue weighted by molar-refractivity contribution is -0.137. The average Bonchev–Trinajstić information content (AvgIpc) is 3.36. The largest absolute Gasteiger partial charge is 0.490 e. The van der Waals surface area contributed by atoms with Gasteiger partial charge in [0.15, 0.2) is 0 Å². The van der Waals surface area contributed by atoms with Gasteiger partial charge in [-0.3, -0.25) is 4.90 Å². The van der Waals surface area contributed by atoms with Crippen molar-refractivity contribution in [2.45, 2.75) is 70.8 Å². The minimum Gasteiger partial charge on any atom is -0.490 e. The van der Waals surface area contributed by atoms with Gasteiger partial charge in [-0.2, -0.15) is 13.2 Å². The molecule has 1 aromatic heterocycles. The summed E-state index contributed by atoms with van der Waals surface area (Å²) in [4.78, 5) is 9.67. The Kier molecular flexibility index (Phi) is 5.43. The Labute approximate surface area is 192 Å². The summed E-state index contributed by atoms with van der Waals surface area (Å²) in [6.45, 7) is 8.09. The molecule has 1 N–H and O–H groups in total. The Balaban J connectivity index is 1.34. The normalized spacial score (nSPS) is 26.2. The molecule has 7 heteroatoms. The maximum absolute atomic E-state index is 13.4. The van der Waals surface area contributed by atoms with E-state index in [1.807, 2.05) is 24.3 Å². The molecule has 3 aromatic rings. The number of aromatic nitrogens is 2. The summed E-state index contributed by atoms with van der Waals surface area (Å²) in [5.74, 6) is 0.759. The highest BCUT2D eigenvalue weighted by atomic mass is 19.4. The molecular formula is C26H30F3N3O. The van der Waals surface area contributed by atoms with Crippen LogP contribution in [0.25, 0.3) is 22.2 Å². The van der Waals surface area contributed by atoms with Crippen LogP contribution in [-0.4, -0.2) is 39.6 Å². The van der Waals surface area contributed by atoms with E-state index in [0.29, 0.717) is 34.2 Å². The topological polar surface area (TPSA) is 41.1 Å². The SMILES string of the molecule is CC(C)N1CCC2(C)CC(Oc3ccc(-c4cc(C(F)(F)F)cc5[nH]cnc45)cc3)CCC12. The first-order chi connectivity index (χ1) is 15.6. The van der Waals surface area contributed by atoms with Gasteiger partial charge in [0.1, 0.15) is 5.75 Å². The quantitative estimate of drug-likeness (QED) is 0.476. The molecule has 0 spiro atoms. The molecule has 3 unspecified atom stereocenters. The molecule has 1 saturated carbocycles. The van der Waals surface area contributed by atoms with Gasteiger partial charge in [0.2, 0.25) is 0 Å². The van der Waals surface area contributed by atoms with E-state index in [0.717, 1.165) is 37.6 Å². The fourth-order valence-electron chi connectivity index (χ4n) is 5.88. The van der Waals surface area contributed by atoms with Gasteiger partial charge in [-0.05, 0) is 81.3 Å². The summed E-state index contributed by atoms with van der Waals surface area (Å²) < 4.78 is 46.5. The zero-order valence-electron chi connectivity index (χ0n) is 19.2. The number of hydrogen-bond acceptors (Lipinski definition) is 3. The van der Waals surface area contributed by atoms with Crippen LogP contribution < -0.4 is 4.74 Å². The van der Waals surface area contributed by atoms with Crippen molar-refractivity contribution in [2.75, 3.05) is 6.54 Å². The summed E-state index contributed by atoms with van der Waals surface area (Å²) >= 11 is 0. The average molecular weight is 458 g/mol. The van der Waals surface area contributed by atoms with Gasteiger partial charge in [0.05, 0.1) is 29.0 Å². The van der Waals surface area contributed by atoms with Gasteiger partial charge in [0.25, 0.3) is 0 Å². The van der Waals surface area contributed by atoms with Crippen LogP contribution >= 0.6 is 0 Å². The second-order valence-corrected chi connectivity index (χ2v) is 10.1. The molecule has 2 aliphatic rings. The van der Waals surface area contributed by atoms with Gasteiger partial charge >= 0.3 is 6.18 Å². The highest BCUT2D eigenvalue weighted by Crippen LogP contribution is 2.48. The summed E-state index contributed by atoms with van der Waals surface area (Å²) in [5, 5.41) is 0. The Hall–Kier alpha value is -2.54. The zero-order chi connectivity index (χ0) is 23.4. The minimum absolute atomic E-state index is 0.163. The van der Waals surface area contributed by atoms with Gasteiger partial charge in [-0.15, -0.1) is 0 Å². The van der Waals surface area contributed by atoms with Crippen molar-refractivity contribution in [3.8, 4) is 16.9 Å². The van der Waals surface area contributed by atoms with Gasteiger partial charge in [-0.25, -0.2) is 4.98 Å². The number of aromatic amines is 1. The monoisotopic (exact) mass is 457 g/mol. The predicted octanol–water partition coefficient (Wildman–Crippen LogP) is 6.67. The standard InChI is InChI=1S/C26H30F3N3O/c1-16(2)32-11-10-25(3)14-20(8-9-23(25)32)33-19-6-4-17(5-7-19)21-12-18(26(27,28)29)13-22-24(21)31-15-30-22/h4-7,12-13,15-16,20,23H,8-11,14H2,1-3H3,(H,30,31). The van der Waals surface area contributed by atoms with Crippen molar-refractivity contribution in [2.24, 2.45) is 5.41 Å². The summed E-state index contributed by atoms with van der Waals surface area (Å²) in [6, 6.07) is 10.8. The van der Waals surface area contributed by atoms with E-state index in [2.05, 4.69) is 35.6 Å². The number of H-pyrrole nitrogens is 1. The van der Waals surface area contributed by atoms with Gasteiger partial charge in [0, 0.05) is 17.6 Å². The maximum Gasteiger partial charge on any atom is 0.416 e. The Morgan fingerprint density at radius 2 is 1.91 bits per heavy atom. The second-order valence-electron chi connectivity index (χ2n) is 10.1. The van der Waals surface area contributed by atoms with Crippen LogP contribution in [-0.2, 0) is 6.18 Å². The molecule has 0 radical (unpaired) electrons. The predicted molar refractivity (Wildman–Crippen MR) is 123 cm³/mol. The molecular weight excluding hydrogens is 427 g/mol. The number of ether oxygens (including phenoxy) is 1. The summed E-state index contributed by atoms with van der Waals surface area (Å²) in [6.07, 6.45) is 1.55. The lowest BCUT2D eigenvalue weighted by Gasteiger charge is -2.43. The lowest BCUT2D eigenvalue weighted by atomic mass is 9.70. The van der Waals surface area contributed by atoms with Gasteiger partial charge < -0.3 is 9.72 Å². The number of nitrogens with one attached hydrogen (secondary N) is 1. The van der Waals surface area contributed by atoms with Crippen molar-refractivity contribution in [1.82, 2.24) is 14.9 Å². The lowest BCUT2D eigenvalue weighted by Crippen LogP contribution is -2.47. The zero-order valence-corrected chi connectivity index (χ0v) is 19.2. The number of likely N-dealkylation sites (tertiary alicyclic amines) is 1. The number of hydrogen-bond donors (Lipinski definition) is 1. The van der Waals surface area contributed by atoms with E-state index in [-0.39, 0.29) is 11.5 Å². The number of alkyl halides is 3. The third-order valence-electron chi connectivity index (χ3n) is 7.58. The molecule has 3 atom stereocenters. The van der Waals surface area contributed by atoms with Crippen LogP contribution in [0.2, 0.25) is 0 Å². The molecule has 176 valence electrons. The maximum atomic E-state index is 13.4. The number of fused-ring (bicyclic) bond motifs is 2. The number of halogens is 3. The third kappa shape index (κ3) is 4.12. The van der Waals surface area contributed by atoms with Crippen LogP contribution in [0.1, 0.15) is 52.0 Å². The Bertz CT molecular complexity index is 1140. The first-order valence-corrected chi connectivity index (χ1v) is 11.7. The second kappa shape index (κ2) is 8.05. The highest BCUT2D eigenvalue weighted by Gasteiger charge is 2.48. The summed E-state index contributed by atoms with van der Waals surface area (Å²) in [5.41, 5.74) is 1.63. The molecule has 33 heavy (non-hydrogen) atoms. The Morgan fingerprint density at radius 1 is 1.15 bits per heavy atom. The minimum atomic E-state index is -4.42. The van der Waals surface area contributed by atoms with E-state index in [9.17, 15) is 13.2 Å². The summed E-state index contributed by atoms with van der Waals surface area (Å²) in [7, 11) is 0. The van der Waals surface area contributed by atoms with Crippen LogP contribution in [0, 0.1) is 5.41 Å². The molecule has 2 fully saturated rings. The molecule has 0 bridgehead atoms. The Morgan fingerprint density at radius 3 is 2.61 bits per heavy atom. The number of rotatable bonds is 4. The highest BCUT2D eigenvalue weighted by molar-refractivity contribution is 5.92. The fraction of sp³-hybridized carbons (Fsp3) is 0.500. The van der Waals surface area contributed by atoms with E-state index >= 15 is 0 Å². The number of benzene rings is 2. The van der Waals surface area contributed by atoms with E-state index in [1.165, 1.54) is 18.8 Å². The van der Waals surface area contributed by atoms with E-state index < -0.39 is 11.7 Å². The smallest absolute Gasteiger partial charge is 0.416 e. The van der Waals surface area contributed by atoms with Crippen LogP contribution in [0.4, 0.5) is 13.2 Å². The van der Waals surface area contributed by atoms with E-state index in [1.54, 1.807) is 0 Å². The van der Waals surface area contributed by atoms with Crippen molar-refractivity contribution >= 4 is 11.0 Å². The molecule has 1 aliphatic heterocycles. The molecule has 2 heterocycles. The van der Waals surface area contributed by atoms with Crippen molar-refractivity contribution in [1.29, 1.82) is 0 Å². The third-order valence-corrected chi connectivity index (χ3v) is 7.58. The van der Waals surface area contributed by atoms with Gasteiger partial charge in [-0.1, -0.05) is 19.1 Å². The van der Waals surface area contributed by atoms with Crippen LogP contribution in [0.5, 0.6) is 5.75 Å². The number of nitrogens with zero attached hydrogens (tertiary/aromatic N) is 2. The number of imidazole rings is 1.